The molecule has 0 N–H and O–H groups in total. The molecule has 0 rings (SSSR count). The highest BCUT2D eigenvalue weighted by Gasteiger charge is 2.40. The topological polar surface area (TPSA) is 49.4 Å². The van der Waals surface area contributed by atoms with Crippen molar-refractivity contribution in [2.45, 2.75) is 19.2 Å². The van der Waals surface area contributed by atoms with Gasteiger partial charge in [-0.1, -0.05) is 13.0 Å². The van der Waals surface area contributed by atoms with Crippen LogP contribution in [0.2, 0.25) is 0 Å². The van der Waals surface area contributed by atoms with Gasteiger partial charge in [-0.2, -0.15) is 13.2 Å². The summed E-state index contributed by atoms with van der Waals surface area (Å²) in [6.45, 7) is 4.04. The highest BCUT2D eigenvalue weighted by atomic mass is 31.2. The normalized spacial score (nSPS) is 19.2. The lowest BCUT2D eigenvalue weighted by Gasteiger charge is -2.27. The minimum atomic E-state index is -4.74. The second kappa shape index (κ2) is 4.26. The van der Waals surface area contributed by atoms with Gasteiger partial charge in [-0.05, 0) is 0 Å². The lowest BCUT2D eigenvalue weighted by Crippen LogP contribution is -2.30. The fraction of sp³-hybridized carbons (Fsp3) is 0.667. The third-order valence-corrected chi connectivity index (χ3v) is 2.52. The van der Waals surface area contributed by atoms with E-state index in [0.29, 0.717) is 6.08 Å². The molecular formula is C6H9F3O3P-. The monoisotopic (exact) mass is 217 g/mol. The van der Waals surface area contributed by atoms with Gasteiger partial charge >= 0.3 is 6.18 Å². The first-order valence-corrected chi connectivity index (χ1v) is 5.13. The molecular weight excluding hydrogens is 208 g/mol. The van der Waals surface area contributed by atoms with Crippen LogP contribution in [-0.2, 0) is 9.09 Å². The van der Waals surface area contributed by atoms with Gasteiger partial charge in [-0.25, -0.2) is 0 Å². The Hall–Kier alpha value is -0.320. The molecule has 3 nitrogen and oxygen atoms in total. The zero-order chi connectivity index (χ0) is 10.7. The predicted molar refractivity (Wildman–Crippen MR) is 39.3 cm³/mol. The van der Waals surface area contributed by atoms with E-state index in [9.17, 15) is 22.6 Å². The van der Waals surface area contributed by atoms with Crippen molar-refractivity contribution in [1.29, 1.82) is 0 Å². The van der Waals surface area contributed by atoms with Crippen LogP contribution in [0.1, 0.15) is 6.92 Å². The van der Waals surface area contributed by atoms with Gasteiger partial charge in [0, 0.05) is 6.16 Å². The summed E-state index contributed by atoms with van der Waals surface area (Å²) in [7, 11) is -4.38. The maximum atomic E-state index is 11.9. The molecule has 0 saturated heterocycles. The van der Waals surface area contributed by atoms with Gasteiger partial charge in [0.05, 0.1) is 0 Å². The molecule has 0 amide bonds. The van der Waals surface area contributed by atoms with Gasteiger partial charge in [0.2, 0.25) is 0 Å². The second-order valence-corrected chi connectivity index (χ2v) is 4.30. The molecule has 2 atom stereocenters. The van der Waals surface area contributed by atoms with Crippen LogP contribution in [0.4, 0.5) is 13.2 Å². The standard InChI is InChI=1S/C6H10F3O3P/c1-3-5(6(7,8)9)12-13(10,11)4-2/h3,5H,1,4H2,2H3,(H,10,11)/p-1. The van der Waals surface area contributed by atoms with Crippen LogP contribution in [0, 0.1) is 0 Å². The molecule has 0 fully saturated rings. The first-order valence-electron chi connectivity index (χ1n) is 3.40. The number of halogens is 3. The van der Waals surface area contributed by atoms with Crippen LogP contribution in [0.5, 0.6) is 0 Å². The first-order chi connectivity index (χ1) is 5.73. The Bertz CT molecular complexity index is 226. The Morgan fingerprint density at radius 2 is 2.15 bits per heavy atom. The molecule has 2 unspecified atom stereocenters. The summed E-state index contributed by atoms with van der Waals surface area (Å²) < 4.78 is 50.3. The van der Waals surface area contributed by atoms with E-state index in [1.165, 1.54) is 6.92 Å². The van der Waals surface area contributed by atoms with E-state index < -0.39 is 26.0 Å². The summed E-state index contributed by atoms with van der Waals surface area (Å²) in [5, 5.41) is 0. The maximum absolute atomic E-state index is 11.9. The molecule has 7 heteroatoms. The van der Waals surface area contributed by atoms with Crippen molar-refractivity contribution in [3.63, 3.8) is 0 Å². The summed E-state index contributed by atoms with van der Waals surface area (Å²) in [4.78, 5) is 10.7. The number of alkyl halides is 3. The van der Waals surface area contributed by atoms with Crippen molar-refractivity contribution in [3.8, 4) is 0 Å². The summed E-state index contributed by atoms with van der Waals surface area (Å²) in [6.07, 6.45) is -7.26. The molecule has 0 aliphatic rings. The van der Waals surface area contributed by atoms with Gasteiger partial charge < -0.3 is 14.0 Å². The number of hydrogen-bond acceptors (Lipinski definition) is 3. The Morgan fingerprint density at radius 1 is 1.69 bits per heavy atom. The highest BCUT2D eigenvalue weighted by molar-refractivity contribution is 7.51. The van der Waals surface area contributed by atoms with Crippen LogP contribution in [0.25, 0.3) is 0 Å². The molecule has 0 bridgehead atoms. The van der Waals surface area contributed by atoms with Gasteiger partial charge in [-0.15, -0.1) is 6.58 Å². The van der Waals surface area contributed by atoms with Crippen LogP contribution in [0.3, 0.4) is 0 Å². The minimum Gasteiger partial charge on any atom is -0.778 e. The van der Waals surface area contributed by atoms with Crippen LogP contribution in [-0.4, -0.2) is 18.4 Å². The van der Waals surface area contributed by atoms with Crippen molar-refractivity contribution in [1.82, 2.24) is 0 Å². The Morgan fingerprint density at radius 3 is 2.38 bits per heavy atom. The van der Waals surface area contributed by atoms with E-state index in [0.717, 1.165) is 0 Å². The van der Waals surface area contributed by atoms with Crippen molar-refractivity contribution in [2.75, 3.05) is 6.16 Å². The molecule has 13 heavy (non-hydrogen) atoms. The molecule has 0 aliphatic carbocycles. The third kappa shape index (κ3) is 4.45. The Balaban J connectivity index is 4.48. The quantitative estimate of drug-likeness (QED) is 0.531. The van der Waals surface area contributed by atoms with E-state index >= 15 is 0 Å². The summed E-state index contributed by atoms with van der Waals surface area (Å²) in [5.41, 5.74) is 0. The highest BCUT2D eigenvalue weighted by Crippen LogP contribution is 2.41. The maximum Gasteiger partial charge on any atom is 0.418 e. The first kappa shape index (κ1) is 12.7. The molecule has 0 aliphatic heterocycles. The summed E-state index contributed by atoms with van der Waals surface area (Å²) in [6, 6.07) is 0. The van der Waals surface area contributed by atoms with Crippen molar-refractivity contribution in [3.05, 3.63) is 12.7 Å². The molecule has 0 aromatic heterocycles. The van der Waals surface area contributed by atoms with Crippen molar-refractivity contribution in [2.24, 2.45) is 0 Å². The van der Waals surface area contributed by atoms with E-state index in [4.69, 9.17) is 0 Å². The lowest BCUT2D eigenvalue weighted by atomic mass is 10.3. The fourth-order valence-corrected chi connectivity index (χ4v) is 1.18. The molecule has 0 aromatic rings. The number of rotatable bonds is 4. The average Bonchev–Trinajstić information content (AvgIpc) is 1.98. The van der Waals surface area contributed by atoms with E-state index in [1.807, 2.05) is 0 Å². The third-order valence-electron chi connectivity index (χ3n) is 1.20. The van der Waals surface area contributed by atoms with Gasteiger partial charge in [0.1, 0.15) is 7.60 Å². The van der Waals surface area contributed by atoms with Crippen molar-refractivity contribution >= 4 is 7.60 Å². The van der Waals surface area contributed by atoms with Gasteiger partial charge in [0.25, 0.3) is 0 Å². The fourth-order valence-electron chi connectivity index (χ4n) is 0.484. The predicted octanol–water partition coefficient (Wildman–Crippen LogP) is 1.69. The van der Waals surface area contributed by atoms with Gasteiger partial charge in [0.15, 0.2) is 6.10 Å². The summed E-state index contributed by atoms with van der Waals surface area (Å²) in [5.74, 6) is 0. The van der Waals surface area contributed by atoms with Crippen LogP contribution < -0.4 is 4.89 Å². The van der Waals surface area contributed by atoms with Crippen LogP contribution in [0.15, 0.2) is 12.7 Å². The molecule has 0 saturated carbocycles. The van der Waals surface area contributed by atoms with Gasteiger partial charge in [-0.3, -0.25) is 0 Å². The SMILES string of the molecule is C=CC(OP(=O)([O-])CC)C(F)(F)F. The lowest BCUT2D eigenvalue weighted by molar-refractivity contribution is -0.229. The average molecular weight is 217 g/mol. The van der Waals surface area contributed by atoms with E-state index in [1.54, 1.807) is 0 Å². The minimum absolute atomic E-state index is 0.403. The zero-order valence-corrected chi connectivity index (χ0v) is 7.77. The van der Waals surface area contributed by atoms with Crippen LogP contribution >= 0.6 is 7.60 Å². The Labute approximate surface area is 73.7 Å². The van der Waals surface area contributed by atoms with E-state index in [2.05, 4.69) is 11.1 Å². The molecule has 0 spiro atoms. The zero-order valence-electron chi connectivity index (χ0n) is 6.87. The van der Waals surface area contributed by atoms with Crippen molar-refractivity contribution < 1.29 is 27.2 Å². The Kier molecular flexibility index (Phi) is 4.16. The summed E-state index contributed by atoms with van der Waals surface area (Å²) >= 11 is 0. The number of hydrogen-bond donors (Lipinski definition) is 0. The molecule has 0 heterocycles. The smallest absolute Gasteiger partial charge is 0.418 e. The largest absolute Gasteiger partial charge is 0.778 e. The second-order valence-electron chi connectivity index (χ2n) is 2.23. The molecule has 78 valence electrons. The van der Waals surface area contributed by atoms with E-state index in [-0.39, 0.29) is 0 Å². The molecule has 0 aromatic carbocycles. The molecule has 0 radical (unpaired) electrons.